The summed E-state index contributed by atoms with van der Waals surface area (Å²) < 4.78 is 5.75. The van der Waals surface area contributed by atoms with E-state index in [1.54, 1.807) is 27.7 Å². The van der Waals surface area contributed by atoms with Crippen molar-refractivity contribution < 1.29 is 35.1 Å². The summed E-state index contributed by atoms with van der Waals surface area (Å²) >= 11 is 0. The van der Waals surface area contributed by atoms with E-state index in [2.05, 4.69) is 0 Å². The third-order valence-electron chi connectivity index (χ3n) is 9.52. The second kappa shape index (κ2) is 5.94. The van der Waals surface area contributed by atoms with Gasteiger partial charge in [-0.05, 0) is 51.9 Å². The Bertz CT molecular complexity index is 716. The number of carbonyl (C=O) groups excluding carboxylic acids is 1. The van der Waals surface area contributed by atoms with Crippen LogP contribution in [-0.2, 0) is 9.53 Å². The molecule has 0 saturated heterocycles. The zero-order valence-electron chi connectivity index (χ0n) is 18.1. The molecule has 4 aliphatic rings. The van der Waals surface area contributed by atoms with Crippen LogP contribution in [0.2, 0.25) is 0 Å². The zero-order chi connectivity index (χ0) is 21.8. The largest absolute Gasteiger partial charge is 0.462 e. The van der Waals surface area contributed by atoms with Crippen LogP contribution in [0, 0.1) is 28.6 Å². The number of carbonyl (C=O) groups is 1. The molecule has 5 N–H and O–H groups in total. The molecule has 4 rings (SSSR count). The van der Waals surface area contributed by atoms with Crippen LogP contribution in [0.5, 0.6) is 0 Å². The Kier molecular flexibility index (Phi) is 4.41. The molecule has 7 nitrogen and oxygen atoms in total. The average molecular weight is 413 g/mol. The molecule has 3 unspecified atom stereocenters. The number of rotatable bonds is 1. The summed E-state index contributed by atoms with van der Waals surface area (Å²) in [6.45, 7) is 8.20. The zero-order valence-corrected chi connectivity index (χ0v) is 18.1. The monoisotopic (exact) mass is 412 g/mol. The smallest absolute Gasteiger partial charge is 0.302 e. The summed E-state index contributed by atoms with van der Waals surface area (Å²) in [6.07, 6.45) is -0.985. The van der Waals surface area contributed by atoms with Crippen LogP contribution in [0.15, 0.2) is 0 Å². The Morgan fingerprint density at radius 1 is 0.966 bits per heavy atom. The fraction of sp³-hybridized carbons (Fsp3) is 0.955. The molecule has 0 aliphatic heterocycles. The number of fused-ring (bicyclic) bond motifs is 2. The molecule has 0 aromatic carbocycles. The van der Waals surface area contributed by atoms with Crippen molar-refractivity contribution in [3.63, 3.8) is 0 Å². The Labute approximate surface area is 172 Å². The van der Waals surface area contributed by atoms with Crippen molar-refractivity contribution in [2.24, 2.45) is 28.6 Å². The molecule has 4 fully saturated rings. The Hall–Kier alpha value is -0.730. The lowest BCUT2D eigenvalue weighted by atomic mass is 9.57. The lowest BCUT2D eigenvalue weighted by Crippen LogP contribution is -2.60. The highest BCUT2D eigenvalue weighted by Gasteiger charge is 2.77. The molecule has 4 aliphatic carbocycles. The van der Waals surface area contributed by atoms with E-state index in [-0.39, 0.29) is 31.1 Å². The standard InChI is InChI=1S/C22H36O7/c1-11(23)29-17-12-6-7-13-20(5,27)14-8-15(24)18(2,3)22(14,28)16(25)9-21(13,17)10-19(12,4)26/h12-17,24-28H,6-10H2,1-5H3/t12-,13+,14+,15?,16?,17?,19-,20-,21+,22+/m1/s1. The van der Waals surface area contributed by atoms with Gasteiger partial charge in [0, 0.05) is 29.6 Å². The van der Waals surface area contributed by atoms with E-state index in [9.17, 15) is 30.3 Å². The maximum atomic E-state index is 11.9. The van der Waals surface area contributed by atoms with Gasteiger partial charge in [-0.2, -0.15) is 0 Å². The quantitative estimate of drug-likeness (QED) is 0.402. The van der Waals surface area contributed by atoms with Gasteiger partial charge in [-0.1, -0.05) is 13.8 Å². The van der Waals surface area contributed by atoms with Crippen LogP contribution in [0.3, 0.4) is 0 Å². The van der Waals surface area contributed by atoms with Crippen molar-refractivity contribution in [3.8, 4) is 0 Å². The molecular formula is C22H36O7. The normalized spacial score (nSPS) is 58.3. The highest BCUT2D eigenvalue weighted by atomic mass is 16.5. The average Bonchev–Trinajstić information content (AvgIpc) is 2.80. The van der Waals surface area contributed by atoms with Crippen molar-refractivity contribution in [2.45, 2.75) is 102 Å². The molecule has 0 aromatic rings. The molecule has 0 aromatic heterocycles. The molecule has 2 bridgehead atoms. The van der Waals surface area contributed by atoms with Crippen LogP contribution in [0.1, 0.15) is 66.7 Å². The van der Waals surface area contributed by atoms with Gasteiger partial charge in [0.1, 0.15) is 11.7 Å². The summed E-state index contributed by atoms with van der Waals surface area (Å²) in [5.41, 5.74) is -6.08. The van der Waals surface area contributed by atoms with Crippen LogP contribution in [0.4, 0.5) is 0 Å². The molecule has 166 valence electrons. The minimum atomic E-state index is -1.70. The summed E-state index contributed by atoms with van der Waals surface area (Å²) in [7, 11) is 0. The number of aliphatic hydroxyl groups is 5. The van der Waals surface area contributed by atoms with Crippen molar-refractivity contribution in [3.05, 3.63) is 0 Å². The van der Waals surface area contributed by atoms with E-state index in [1.807, 2.05) is 0 Å². The molecule has 0 heterocycles. The van der Waals surface area contributed by atoms with Gasteiger partial charge in [0.15, 0.2) is 0 Å². The van der Waals surface area contributed by atoms with E-state index >= 15 is 0 Å². The van der Waals surface area contributed by atoms with Gasteiger partial charge in [0.2, 0.25) is 0 Å². The first-order valence-electron chi connectivity index (χ1n) is 10.8. The van der Waals surface area contributed by atoms with E-state index in [4.69, 9.17) is 4.74 Å². The second-order valence-electron chi connectivity index (χ2n) is 11.3. The van der Waals surface area contributed by atoms with E-state index in [0.29, 0.717) is 12.8 Å². The van der Waals surface area contributed by atoms with Gasteiger partial charge in [-0.25, -0.2) is 0 Å². The van der Waals surface area contributed by atoms with Crippen LogP contribution in [-0.4, -0.2) is 66.6 Å². The van der Waals surface area contributed by atoms with Crippen molar-refractivity contribution in [1.82, 2.24) is 0 Å². The summed E-state index contributed by atoms with van der Waals surface area (Å²) in [4.78, 5) is 11.9. The molecule has 10 atom stereocenters. The Morgan fingerprint density at radius 3 is 2.17 bits per heavy atom. The molecule has 0 radical (unpaired) electrons. The topological polar surface area (TPSA) is 127 Å². The number of esters is 1. The minimum absolute atomic E-state index is 0.0988. The second-order valence-corrected chi connectivity index (χ2v) is 11.3. The molecule has 4 saturated carbocycles. The Morgan fingerprint density at radius 2 is 1.59 bits per heavy atom. The number of hydrogen-bond donors (Lipinski definition) is 5. The van der Waals surface area contributed by atoms with Crippen molar-refractivity contribution in [1.29, 1.82) is 0 Å². The molecule has 7 heteroatoms. The first-order chi connectivity index (χ1) is 13.1. The third kappa shape index (κ3) is 2.45. The fourth-order valence-corrected chi connectivity index (χ4v) is 8.14. The van der Waals surface area contributed by atoms with Crippen LogP contribution < -0.4 is 0 Å². The fourth-order valence-electron chi connectivity index (χ4n) is 8.14. The molecular weight excluding hydrogens is 376 g/mol. The molecule has 1 spiro atoms. The maximum Gasteiger partial charge on any atom is 0.302 e. The van der Waals surface area contributed by atoms with E-state index < -0.39 is 57.8 Å². The predicted molar refractivity (Wildman–Crippen MR) is 104 cm³/mol. The molecule has 0 amide bonds. The predicted octanol–water partition coefficient (Wildman–Crippen LogP) is 0.739. The van der Waals surface area contributed by atoms with Gasteiger partial charge in [0.05, 0.1) is 23.4 Å². The van der Waals surface area contributed by atoms with E-state index in [0.717, 1.165) is 0 Å². The minimum Gasteiger partial charge on any atom is -0.462 e. The van der Waals surface area contributed by atoms with Gasteiger partial charge >= 0.3 is 5.97 Å². The number of hydrogen-bond acceptors (Lipinski definition) is 7. The van der Waals surface area contributed by atoms with Crippen molar-refractivity contribution in [2.75, 3.05) is 0 Å². The Balaban J connectivity index is 1.90. The van der Waals surface area contributed by atoms with Crippen LogP contribution in [0.25, 0.3) is 0 Å². The highest BCUT2D eigenvalue weighted by Crippen LogP contribution is 2.70. The SMILES string of the molecule is CC(=O)OC1[C@H]2CC[C@@H]3[C@]1(CC(O)[C@@]1(O)[C@@H](CC(O)C1(C)C)[C@]3(C)O)C[C@@]2(C)O. The van der Waals surface area contributed by atoms with Gasteiger partial charge in [0.25, 0.3) is 0 Å². The summed E-state index contributed by atoms with van der Waals surface area (Å²) in [5, 5.41) is 57.0. The summed E-state index contributed by atoms with van der Waals surface area (Å²) in [5.74, 6) is -1.86. The molecule has 29 heavy (non-hydrogen) atoms. The lowest BCUT2D eigenvalue weighted by Gasteiger charge is -2.51. The number of aliphatic hydroxyl groups excluding tert-OH is 2. The van der Waals surface area contributed by atoms with E-state index in [1.165, 1.54) is 6.92 Å². The first-order valence-corrected chi connectivity index (χ1v) is 10.8. The summed E-state index contributed by atoms with van der Waals surface area (Å²) in [6, 6.07) is 0. The maximum absolute atomic E-state index is 11.9. The third-order valence-corrected chi connectivity index (χ3v) is 9.52. The van der Waals surface area contributed by atoms with Gasteiger partial charge in [-0.15, -0.1) is 0 Å². The van der Waals surface area contributed by atoms with Crippen LogP contribution >= 0.6 is 0 Å². The van der Waals surface area contributed by atoms with Gasteiger partial charge < -0.3 is 30.3 Å². The van der Waals surface area contributed by atoms with Crippen molar-refractivity contribution >= 4 is 5.97 Å². The number of ether oxygens (including phenoxy) is 1. The lowest BCUT2D eigenvalue weighted by molar-refractivity contribution is -0.202. The highest BCUT2D eigenvalue weighted by molar-refractivity contribution is 5.66. The van der Waals surface area contributed by atoms with Gasteiger partial charge in [-0.3, -0.25) is 4.79 Å². The first kappa shape index (κ1) is 21.5.